The molecule has 32 heavy (non-hydrogen) atoms. The Morgan fingerprint density at radius 1 is 1.03 bits per heavy atom. The average molecular weight is 436 g/mol. The molecule has 0 saturated heterocycles. The zero-order valence-electron chi connectivity index (χ0n) is 19.6. The van der Waals surface area contributed by atoms with Crippen molar-refractivity contribution in [1.82, 2.24) is 20.4 Å². The van der Waals surface area contributed by atoms with Crippen molar-refractivity contribution in [2.45, 2.75) is 40.4 Å². The van der Waals surface area contributed by atoms with Gasteiger partial charge in [-0.25, -0.2) is 4.99 Å². The van der Waals surface area contributed by atoms with Crippen LogP contribution in [0.15, 0.2) is 53.5 Å². The first kappa shape index (κ1) is 23.2. The molecule has 0 aliphatic carbocycles. The van der Waals surface area contributed by atoms with E-state index >= 15 is 0 Å². The van der Waals surface area contributed by atoms with Crippen LogP contribution in [0.1, 0.15) is 35.0 Å². The molecule has 0 atom stereocenters. The van der Waals surface area contributed by atoms with E-state index in [1.807, 2.05) is 24.3 Å². The average Bonchev–Trinajstić information content (AvgIpc) is 3.08. The molecule has 0 radical (unpaired) electrons. The predicted molar refractivity (Wildman–Crippen MR) is 128 cm³/mol. The highest BCUT2D eigenvalue weighted by Gasteiger charge is 2.13. The van der Waals surface area contributed by atoms with Gasteiger partial charge in [0.25, 0.3) is 0 Å². The molecule has 0 bridgehead atoms. The lowest BCUT2D eigenvalue weighted by molar-refractivity contribution is 0.391. The van der Waals surface area contributed by atoms with Gasteiger partial charge in [0.15, 0.2) is 5.96 Å². The molecule has 0 aliphatic rings. The van der Waals surface area contributed by atoms with Gasteiger partial charge in [-0.1, -0.05) is 30.3 Å². The number of benzene rings is 2. The van der Waals surface area contributed by atoms with Gasteiger partial charge in [0.1, 0.15) is 11.5 Å². The molecule has 0 aliphatic heterocycles. The SMILES string of the molecule is CCNC(=NCc1ccc(OC)cc1OC)NCc1c(C)nn(Cc2ccccc2)c1C. The van der Waals surface area contributed by atoms with Crippen LogP contribution in [0.5, 0.6) is 11.5 Å². The largest absolute Gasteiger partial charge is 0.497 e. The molecule has 0 spiro atoms. The summed E-state index contributed by atoms with van der Waals surface area (Å²) >= 11 is 0. The molecule has 0 amide bonds. The number of guanidine groups is 1. The molecule has 3 aromatic rings. The quantitative estimate of drug-likeness (QED) is 0.395. The van der Waals surface area contributed by atoms with E-state index in [9.17, 15) is 0 Å². The van der Waals surface area contributed by atoms with Crippen molar-refractivity contribution in [3.05, 3.63) is 76.6 Å². The minimum Gasteiger partial charge on any atom is -0.497 e. The first-order valence-electron chi connectivity index (χ1n) is 10.9. The number of methoxy groups -OCH3 is 2. The maximum absolute atomic E-state index is 5.49. The normalized spacial score (nSPS) is 11.3. The van der Waals surface area contributed by atoms with Gasteiger partial charge in [-0.3, -0.25) is 4.68 Å². The van der Waals surface area contributed by atoms with Crippen molar-refractivity contribution in [3.63, 3.8) is 0 Å². The third kappa shape index (κ3) is 5.81. The molecule has 0 fully saturated rings. The lowest BCUT2D eigenvalue weighted by Crippen LogP contribution is -2.37. The fraction of sp³-hybridized carbons (Fsp3) is 0.360. The summed E-state index contributed by atoms with van der Waals surface area (Å²) in [5.41, 5.74) is 5.60. The van der Waals surface area contributed by atoms with Crippen molar-refractivity contribution >= 4 is 5.96 Å². The molecule has 1 heterocycles. The second-order valence-corrected chi connectivity index (χ2v) is 7.52. The third-order valence-electron chi connectivity index (χ3n) is 5.39. The lowest BCUT2D eigenvalue weighted by atomic mass is 10.2. The van der Waals surface area contributed by atoms with Crippen LogP contribution in [-0.4, -0.2) is 36.5 Å². The van der Waals surface area contributed by atoms with Gasteiger partial charge in [0.05, 0.1) is 33.0 Å². The number of nitrogens with zero attached hydrogens (tertiary/aromatic N) is 3. The van der Waals surface area contributed by atoms with Gasteiger partial charge in [-0.2, -0.15) is 5.10 Å². The summed E-state index contributed by atoms with van der Waals surface area (Å²) in [5, 5.41) is 11.5. The Balaban J connectivity index is 1.71. The molecule has 3 rings (SSSR count). The fourth-order valence-corrected chi connectivity index (χ4v) is 3.56. The maximum Gasteiger partial charge on any atom is 0.191 e. The van der Waals surface area contributed by atoms with Crippen molar-refractivity contribution in [2.24, 2.45) is 4.99 Å². The van der Waals surface area contributed by atoms with E-state index in [0.717, 1.165) is 47.5 Å². The number of aryl methyl sites for hydroxylation is 1. The highest BCUT2D eigenvalue weighted by molar-refractivity contribution is 5.79. The van der Waals surface area contributed by atoms with Crippen molar-refractivity contribution in [1.29, 1.82) is 0 Å². The number of hydrogen-bond donors (Lipinski definition) is 2. The summed E-state index contributed by atoms with van der Waals surface area (Å²) < 4.78 is 12.8. The summed E-state index contributed by atoms with van der Waals surface area (Å²) in [7, 11) is 3.30. The number of nitrogens with one attached hydrogen (secondary N) is 2. The van der Waals surface area contributed by atoms with E-state index in [-0.39, 0.29) is 0 Å². The van der Waals surface area contributed by atoms with Crippen LogP contribution in [0, 0.1) is 13.8 Å². The number of aliphatic imine (C=N–C) groups is 1. The number of ether oxygens (including phenoxy) is 2. The smallest absolute Gasteiger partial charge is 0.191 e. The highest BCUT2D eigenvalue weighted by atomic mass is 16.5. The second kappa shape index (κ2) is 11.2. The van der Waals surface area contributed by atoms with Crippen molar-refractivity contribution in [2.75, 3.05) is 20.8 Å². The summed E-state index contributed by atoms with van der Waals surface area (Å²) in [5.74, 6) is 2.27. The van der Waals surface area contributed by atoms with Gasteiger partial charge in [-0.15, -0.1) is 0 Å². The summed E-state index contributed by atoms with van der Waals surface area (Å²) in [6, 6.07) is 16.2. The Morgan fingerprint density at radius 3 is 2.50 bits per heavy atom. The molecular formula is C25H33N5O2. The van der Waals surface area contributed by atoms with Crippen LogP contribution < -0.4 is 20.1 Å². The summed E-state index contributed by atoms with van der Waals surface area (Å²) in [6.07, 6.45) is 0. The third-order valence-corrected chi connectivity index (χ3v) is 5.39. The van der Waals surface area contributed by atoms with Crippen LogP contribution in [0.3, 0.4) is 0 Å². The van der Waals surface area contributed by atoms with E-state index < -0.39 is 0 Å². The Kier molecular flexibility index (Phi) is 8.14. The van der Waals surface area contributed by atoms with Crippen LogP contribution in [0.4, 0.5) is 0 Å². The Hall–Kier alpha value is -3.48. The molecular weight excluding hydrogens is 402 g/mol. The van der Waals surface area contributed by atoms with Crippen LogP contribution in [-0.2, 0) is 19.6 Å². The molecule has 7 nitrogen and oxygen atoms in total. The Morgan fingerprint density at radius 2 is 1.81 bits per heavy atom. The fourth-order valence-electron chi connectivity index (χ4n) is 3.56. The van der Waals surface area contributed by atoms with E-state index in [1.165, 1.54) is 11.1 Å². The van der Waals surface area contributed by atoms with Crippen molar-refractivity contribution in [3.8, 4) is 11.5 Å². The number of hydrogen-bond acceptors (Lipinski definition) is 4. The van der Waals surface area contributed by atoms with Crippen LogP contribution in [0.25, 0.3) is 0 Å². The molecule has 170 valence electrons. The highest BCUT2D eigenvalue weighted by Crippen LogP contribution is 2.25. The molecule has 7 heteroatoms. The van der Waals surface area contributed by atoms with Crippen LogP contribution in [0.2, 0.25) is 0 Å². The van der Waals surface area contributed by atoms with E-state index in [4.69, 9.17) is 19.6 Å². The number of aromatic nitrogens is 2. The summed E-state index contributed by atoms with van der Waals surface area (Å²) in [6.45, 7) is 8.91. The van der Waals surface area contributed by atoms with Gasteiger partial charge < -0.3 is 20.1 Å². The topological polar surface area (TPSA) is 72.7 Å². The standard InChI is InChI=1S/C25H33N5O2/c1-6-26-25(27-15-21-12-13-22(31-4)14-24(21)32-5)28-16-23-18(2)29-30(19(23)3)17-20-10-8-7-9-11-20/h7-14H,6,15-17H2,1-5H3,(H2,26,27,28). The van der Waals surface area contributed by atoms with Gasteiger partial charge in [-0.05, 0) is 38.5 Å². The predicted octanol–water partition coefficient (Wildman–Crippen LogP) is 3.82. The molecule has 2 aromatic carbocycles. The second-order valence-electron chi connectivity index (χ2n) is 7.52. The van der Waals surface area contributed by atoms with Crippen molar-refractivity contribution < 1.29 is 9.47 Å². The van der Waals surface area contributed by atoms with E-state index in [0.29, 0.717) is 13.1 Å². The Labute approximate surface area is 190 Å². The zero-order valence-corrected chi connectivity index (χ0v) is 19.6. The van der Waals surface area contributed by atoms with Gasteiger partial charge >= 0.3 is 0 Å². The van der Waals surface area contributed by atoms with Crippen LogP contribution >= 0.6 is 0 Å². The minimum absolute atomic E-state index is 0.494. The van der Waals surface area contributed by atoms with Gasteiger partial charge in [0, 0.05) is 36.0 Å². The molecule has 2 N–H and O–H groups in total. The maximum atomic E-state index is 5.49. The summed E-state index contributed by atoms with van der Waals surface area (Å²) in [4.78, 5) is 4.74. The Bertz CT molecular complexity index is 1040. The lowest BCUT2D eigenvalue weighted by Gasteiger charge is -2.13. The molecule has 0 unspecified atom stereocenters. The zero-order chi connectivity index (χ0) is 22.9. The first-order chi connectivity index (χ1) is 15.5. The monoisotopic (exact) mass is 435 g/mol. The number of rotatable bonds is 9. The first-order valence-corrected chi connectivity index (χ1v) is 10.9. The van der Waals surface area contributed by atoms with Gasteiger partial charge in [0.2, 0.25) is 0 Å². The van der Waals surface area contributed by atoms with E-state index in [2.05, 4.69) is 60.4 Å². The molecule has 0 saturated carbocycles. The molecule has 1 aromatic heterocycles. The minimum atomic E-state index is 0.494. The van der Waals surface area contributed by atoms with E-state index in [1.54, 1.807) is 14.2 Å².